The second-order valence-electron chi connectivity index (χ2n) is 10.6. The van der Waals surface area contributed by atoms with Gasteiger partial charge in [0, 0.05) is 10.0 Å². The van der Waals surface area contributed by atoms with Crippen molar-refractivity contribution in [2.24, 2.45) is 0 Å². The molecule has 0 saturated heterocycles. The normalized spacial score (nSPS) is 12.9. The van der Waals surface area contributed by atoms with Crippen molar-refractivity contribution >= 4 is 37.7 Å². The highest BCUT2D eigenvalue weighted by Gasteiger charge is 2.16. The molecule has 2 aliphatic rings. The third-order valence-corrected chi connectivity index (χ3v) is 7.84. The van der Waals surface area contributed by atoms with Gasteiger partial charge in [-0.1, -0.05) is 27.8 Å². The van der Waals surface area contributed by atoms with Crippen LogP contribution in [-0.4, -0.2) is 42.3 Å². The minimum absolute atomic E-state index is 0.0239. The van der Waals surface area contributed by atoms with Gasteiger partial charge in [0.25, 0.3) is 11.1 Å². The van der Waals surface area contributed by atoms with Gasteiger partial charge in [0.2, 0.25) is 0 Å². The van der Waals surface area contributed by atoms with E-state index in [1.54, 1.807) is 33.4 Å². The Morgan fingerprint density at radius 2 is 1.27 bits per heavy atom. The number of pyridine rings is 2. The summed E-state index contributed by atoms with van der Waals surface area (Å²) >= 11 is 3.37. The molecule has 244 valence electrons. The summed E-state index contributed by atoms with van der Waals surface area (Å²) in [7, 11) is 0. The Kier molecular flexibility index (Phi) is 10.3. The lowest BCUT2D eigenvalue weighted by molar-refractivity contribution is 0.0788. The van der Waals surface area contributed by atoms with Gasteiger partial charge in [0.05, 0.1) is 60.5 Å². The zero-order chi connectivity index (χ0) is 34.3. The molecule has 0 spiro atoms. The molecule has 0 amide bonds. The molecule has 2 aliphatic heterocycles. The van der Waals surface area contributed by atoms with Crippen LogP contribution in [0.15, 0.2) is 87.1 Å². The maximum Gasteiger partial charge on any atom is 0.261 e. The maximum atomic E-state index is 12.8. The molecule has 10 nitrogen and oxygen atoms in total. The summed E-state index contributed by atoms with van der Waals surface area (Å²) in [6.45, 7) is 2.96. The summed E-state index contributed by atoms with van der Waals surface area (Å²) in [6, 6.07) is 16.3. The van der Waals surface area contributed by atoms with Crippen LogP contribution in [0, 0.1) is 35.8 Å². The molecule has 0 bridgehead atoms. The van der Waals surface area contributed by atoms with Crippen molar-refractivity contribution in [3.63, 3.8) is 0 Å². The van der Waals surface area contributed by atoms with Crippen LogP contribution in [0.2, 0.25) is 0 Å². The first-order valence-electron chi connectivity index (χ1n) is 14.9. The van der Waals surface area contributed by atoms with Crippen LogP contribution in [0.5, 0.6) is 0 Å². The number of hydrogen-bond donors (Lipinski definition) is 0. The average Bonchev–Trinajstić information content (AvgIpc) is 3.12. The Morgan fingerprint density at radius 1 is 0.714 bits per heavy atom. The first kappa shape index (κ1) is 33.3. The van der Waals surface area contributed by atoms with Gasteiger partial charge in [-0.2, -0.15) is 0 Å². The predicted molar refractivity (Wildman–Crippen MR) is 181 cm³/mol. The van der Waals surface area contributed by atoms with E-state index >= 15 is 0 Å². The van der Waals surface area contributed by atoms with Gasteiger partial charge in [0.1, 0.15) is 47.9 Å². The predicted octanol–water partition coefficient (Wildman–Crippen LogP) is 4.75. The lowest BCUT2D eigenvalue weighted by Gasteiger charge is -2.18. The summed E-state index contributed by atoms with van der Waals surface area (Å²) in [5.41, 5.74) is 2.92. The Hall–Kier alpha value is -5.60. The van der Waals surface area contributed by atoms with E-state index in [-0.39, 0.29) is 16.9 Å². The van der Waals surface area contributed by atoms with Gasteiger partial charge >= 0.3 is 0 Å². The van der Waals surface area contributed by atoms with E-state index in [0.29, 0.717) is 84.4 Å². The van der Waals surface area contributed by atoms with Gasteiger partial charge in [-0.05, 0) is 66.6 Å². The van der Waals surface area contributed by atoms with Gasteiger partial charge in [-0.25, -0.2) is 28.7 Å². The smallest absolute Gasteiger partial charge is 0.261 e. The van der Waals surface area contributed by atoms with Crippen LogP contribution in [0.25, 0.3) is 21.8 Å². The van der Waals surface area contributed by atoms with Crippen molar-refractivity contribution in [2.45, 2.75) is 26.3 Å². The van der Waals surface area contributed by atoms with Crippen LogP contribution < -0.4 is 11.1 Å². The first-order valence-corrected chi connectivity index (χ1v) is 15.7. The quantitative estimate of drug-likeness (QED) is 0.207. The van der Waals surface area contributed by atoms with Gasteiger partial charge in [-0.15, -0.1) is 6.42 Å². The van der Waals surface area contributed by atoms with Crippen LogP contribution in [-0.2, 0) is 35.8 Å². The number of aromatic nitrogens is 6. The lowest BCUT2D eigenvalue weighted by atomic mass is 10.1. The minimum atomic E-state index is -0.400. The molecule has 0 atom stereocenters. The number of terminal acetylenes is 1. The first-order chi connectivity index (χ1) is 23.8. The lowest BCUT2D eigenvalue weighted by Crippen LogP contribution is -2.31. The van der Waals surface area contributed by atoms with Gasteiger partial charge in [0.15, 0.2) is 0 Å². The van der Waals surface area contributed by atoms with E-state index < -0.39 is 5.82 Å². The molecule has 8 rings (SSSR count). The summed E-state index contributed by atoms with van der Waals surface area (Å²) in [6.07, 6.45) is 7.18. The molecule has 4 aromatic heterocycles. The average molecular weight is 724 g/mol. The van der Waals surface area contributed by atoms with Crippen molar-refractivity contribution in [1.29, 1.82) is 0 Å². The standard InChI is InChI=1S/C18H12FN3O2.C11H9BrN2O2.C7H4FN/c19-13-3-5-14(20-10-13)4-1-12-2-6-15-16(9-12)21-17-11-24-8-7-22(17)18(15)23;12-7-1-2-8-9(5-7)13-10-6-16-4-3-14(10)11(8)15;1-2-7-4-3-6(8)5-9-7/h2-3,5-6,9-10H,7-8,11H2;1-2,5H,3-4,6H2;1,3-5H. The van der Waals surface area contributed by atoms with E-state index in [9.17, 15) is 18.4 Å². The Morgan fingerprint density at radius 3 is 1.82 bits per heavy atom. The van der Waals surface area contributed by atoms with Gasteiger partial charge < -0.3 is 9.47 Å². The number of ether oxygens (including phenoxy) is 2. The Labute approximate surface area is 286 Å². The molecule has 13 heteroatoms. The third kappa shape index (κ3) is 7.93. The molecule has 0 aliphatic carbocycles. The molecule has 0 saturated carbocycles. The van der Waals surface area contributed by atoms with Crippen molar-refractivity contribution in [2.75, 3.05) is 13.2 Å². The van der Waals surface area contributed by atoms with Crippen molar-refractivity contribution in [3.8, 4) is 24.2 Å². The largest absolute Gasteiger partial charge is 0.372 e. The fourth-order valence-electron chi connectivity index (χ4n) is 4.95. The monoisotopic (exact) mass is 722 g/mol. The molecule has 6 heterocycles. The molecule has 0 fully saturated rings. The molecule has 6 aromatic rings. The van der Waals surface area contributed by atoms with E-state index in [4.69, 9.17) is 15.9 Å². The molecule has 0 unspecified atom stereocenters. The summed E-state index contributed by atoms with van der Waals surface area (Å²) in [5.74, 6) is 8.67. The summed E-state index contributed by atoms with van der Waals surface area (Å²) in [5, 5.41) is 1.22. The third-order valence-electron chi connectivity index (χ3n) is 7.35. The second-order valence-corrected chi connectivity index (χ2v) is 11.5. The molecule has 0 radical (unpaired) electrons. The molecular weight excluding hydrogens is 698 g/mol. The van der Waals surface area contributed by atoms with Crippen LogP contribution in [0.3, 0.4) is 0 Å². The van der Waals surface area contributed by atoms with Crippen molar-refractivity contribution in [3.05, 3.63) is 138 Å². The van der Waals surface area contributed by atoms with E-state index in [0.717, 1.165) is 22.4 Å². The Bertz CT molecular complexity index is 2400. The molecular formula is C36H25BrF2N6O4. The van der Waals surface area contributed by atoms with Crippen LogP contribution in [0.4, 0.5) is 8.78 Å². The fourth-order valence-corrected chi connectivity index (χ4v) is 5.30. The summed E-state index contributed by atoms with van der Waals surface area (Å²) in [4.78, 5) is 41.1. The number of rotatable bonds is 0. The molecule has 49 heavy (non-hydrogen) atoms. The van der Waals surface area contributed by atoms with Crippen molar-refractivity contribution < 1.29 is 18.3 Å². The van der Waals surface area contributed by atoms with Gasteiger partial charge in [-0.3, -0.25) is 18.7 Å². The van der Waals surface area contributed by atoms with Crippen LogP contribution in [0.1, 0.15) is 28.6 Å². The maximum absolute atomic E-state index is 12.8. The van der Waals surface area contributed by atoms with Crippen LogP contribution >= 0.6 is 15.9 Å². The SMILES string of the molecule is C#Cc1ccc(F)cn1.O=c1c2ccc(Br)cc2nc2n1CCOC2.O=c1c2ccc(C#Cc3ccc(F)cn3)cc2nc2n1CCOC2. The van der Waals surface area contributed by atoms with E-state index in [1.165, 1.54) is 24.3 Å². The van der Waals surface area contributed by atoms with Crippen molar-refractivity contribution in [1.82, 2.24) is 29.1 Å². The Balaban J connectivity index is 0.000000143. The minimum Gasteiger partial charge on any atom is -0.372 e. The highest BCUT2D eigenvalue weighted by molar-refractivity contribution is 9.10. The zero-order valence-corrected chi connectivity index (χ0v) is 27.3. The van der Waals surface area contributed by atoms with E-state index in [2.05, 4.69) is 53.6 Å². The number of hydrogen-bond acceptors (Lipinski definition) is 8. The molecule has 2 aromatic carbocycles. The fraction of sp³-hybridized carbons (Fsp3) is 0.167. The topological polar surface area (TPSA) is 114 Å². The number of nitrogens with zero attached hydrogens (tertiary/aromatic N) is 6. The highest BCUT2D eigenvalue weighted by Crippen LogP contribution is 2.17. The highest BCUT2D eigenvalue weighted by atomic mass is 79.9. The number of fused-ring (bicyclic) bond motifs is 4. The number of benzene rings is 2. The zero-order valence-electron chi connectivity index (χ0n) is 25.7. The molecule has 0 N–H and O–H groups in total. The summed E-state index contributed by atoms with van der Waals surface area (Å²) < 4.78 is 39.9. The number of halogens is 3. The van der Waals surface area contributed by atoms with E-state index in [1.807, 2.05) is 12.1 Å². The second kappa shape index (κ2) is 15.1.